The molecule has 5 rings (SSSR count). The fraction of sp³-hybridized carbons (Fsp3) is 0.0370. The molecule has 9 heteroatoms. The molecule has 0 spiro atoms. The summed E-state index contributed by atoms with van der Waals surface area (Å²) in [6.45, 7) is 0. The first-order valence-electron chi connectivity index (χ1n) is 10.9. The van der Waals surface area contributed by atoms with Gasteiger partial charge in [-0.2, -0.15) is 0 Å². The van der Waals surface area contributed by atoms with Crippen LogP contribution in [0.3, 0.4) is 0 Å². The van der Waals surface area contributed by atoms with Gasteiger partial charge in [0.1, 0.15) is 5.75 Å². The molecule has 0 radical (unpaired) electrons. The van der Waals surface area contributed by atoms with Crippen LogP contribution in [0.4, 0.5) is 11.4 Å². The van der Waals surface area contributed by atoms with Crippen LogP contribution in [0, 0.1) is 0 Å². The second kappa shape index (κ2) is 9.20. The molecule has 0 unspecified atom stereocenters. The van der Waals surface area contributed by atoms with Crippen LogP contribution in [-0.4, -0.2) is 26.4 Å². The molecule has 1 amide bonds. The summed E-state index contributed by atoms with van der Waals surface area (Å²) in [5.41, 5.74) is 8.92. The standard InChI is InChI=1S/C27H21N3O5S/c1-34-20-4-2-3-19(13-20)30-26-23-14-22(9-10-25(23)29-15-24(26)27(28)31)36(32,33)21-7-5-17(6-8-21)18-11-12-35-16-18/h2-16H,1H3,(H2,28,31)(H,29,30). The molecule has 0 aliphatic carbocycles. The predicted octanol–water partition coefficient (Wildman–Crippen LogP) is 5.18. The Bertz CT molecular complexity index is 1680. The third-order valence-electron chi connectivity index (χ3n) is 5.77. The van der Waals surface area contributed by atoms with E-state index >= 15 is 0 Å². The lowest BCUT2D eigenvalue weighted by Crippen LogP contribution is -2.14. The molecule has 36 heavy (non-hydrogen) atoms. The predicted molar refractivity (Wildman–Crippen MR) is 136 cm³/mol. The Morgan fingerprint density at radius 1 is 0.972 bits per heavy atom. The third-order valence-corrected chi connectivity index (χ3v) is 7.54. The van der Waals surface area contributed by atoms with E-state index in [1.165, 1.54) is 18.3 Å². The van der Waals surface area contributed by atoms with Crippen molar-refractivity contribution in [2.75, 3.05) is 12.4 Å². The monoisotopic (exact) mass is 499 g/mol. The SMILES string of the molecule is COc1cccc(Nc2c(C(N)=O)cnc3ccc(S(=O)(=O)c4ccc(-c5ccoc5)cc4)cc23)c1. The fourth-order valence-corrected chi connectivity index (χ4v) is 5.18. The highest BCUT2D eigenvalue weighted by Crippen LogP contribution is 2.33. The van der Waals surface area contributed by atoms with Gasteiger partial charge in [-0.25, -0.2) is 8.42 Å². The molecular weight excluding hydrogens is 478 g/mol. The van der Waals surface area contributed by atoms with Crippen LogP contribution in [0.25, 0.3) is 22.0 Å². The van der Waals surface area contributed by atoms with Gasteiger partial charge in [0.15, 0.2) is 0 Å². The Balaban J connectivity index is 1.60. The van der Waals surface area contributed by atoms with Crippen LogP contribution in [0.1, 0.15) is 10.4 Å². The van der Waals surface area contributed by atoms with Gasteiger partial charge in [0.2, 0.25) is 9.84 Å². The van der Waals surface area contributed by atoms with Crippen molar-refractivity contribution in [2.45, 2.75) is 9.79 Å². The number of carbonyl (C=O) groups excluding carboxylic acids is 1. The smallest absolute Gasteiger partial charge is 0.252 e. The van der Waals surface area contributed by atoms with Gasteiger partial charge in [0.05, 0.1) is 46.2 Å². The normalized spacial score (nSPS) is 11.4. The van der Waals surface area contributed by atoms with Gasteiger partial charge in [-0.1, -0.05) is 18.2 Å². The second-order valence-corrected chi connectivity index (χ2v) is 9.94. The number of nitrogens with two attached hydrogens (primary N) is 1. The minimum absolute atomic E-state index is 0.0585. The number of sulfone groups is 1. The largest absolute Gasteiger partial charge is 0.497 e. The number of nitrogens with one attached hydrogen (secondary N) is 1. The van der Waals surface area contributed by atoms with E-state index in [2.05, 4.69) is 10.3 Å². The molecule has 0 atom stereocenters. The number of ether oxygens (including phenoxy) is 1. The number of hydrogen-bond donors (Lipinski definition) is 2. The summed E-state index contributed by atoms with van der Waals surface area (Å²) < 4.78 is 37.3. The third kappa shape index (κ3) is 4.27. The molecule has 0 bridgehead atoms. The maximum Gasteiger partial charge on any atom is 0.252 e. The van der Waals surface area contributed by atoms with Crippen molar-refractivity contribution in [1.29, 1.82) is 0 Å². The highest BCUT2D eigenvalue weighted by molar-refractivity contribution is 7.91. The van der Waals surface area contributed by atoms with Gasteiger partial charge in [-0.3, -0.25) is 9.78 Å². The average Bonchev–Trinajstić information content (AvgIpc) is 3.44. The van der Waals surface area contributed by atoms with Crippen LogP contribution in [0.15, 0.2) is 106 Å². The van der Waals surface area contributed by atoms with E-state index in [0.29, 0.717) is 28.0 Å². The summed E-state index contributed by atoms with van der Waals surface area (Å²) in [5, 5.41) is 3.62. The number of nitrogens with zero attached hydrogens (tertiary/aromatic N) is 1. The average molecular weight is 500 g/mol. The number of carbonyl (C=O) groups is 1. The van der Waals surface area contributed by atoms with E-state index in [-0.39, 0.29) is 15.4 Å². The van der Waals surface area contributed by atoms with Gasteiger partial charge in [0, 0.05) is 28.9 Å². The Hall–Kier alpha value is -4.63. The van der Waals surface area contributed by atoms with Gasteiger partial charge >= 0.3 is 0 Å². The van der Waals surface area contributed by atoms with Crippen molar-refractivity contribution >= 4 is 38.0 Å². The van der Waals surface area contributed by atoms with Crippen molar-refractivity contribution in [3.05, 3.63) is 97.1 Å². The van der Waals surface area contributed by atoms with Gasteiger partial charge in [0.25, 0.3) is 5.91 Å². The highest BCUT2D eigenvalue weighted by atomic mass is 32.2. The number of rotatable bonds is 7. The number of furan rings is 1. The molecule has 3 aromatic carbocycles. The van der Waals surface area contributed by atoms with E-state index in [1.807, 2.05) is 0 Å². The van der Waals surface area contributed by atoms with Crippen molar-refractivity contribution < 1.29 is 22.4 Å². The van der Waals surface area contributed by atoms with E-state index in [1.54, 1.807) is 80.3 Å². The second-order valence-electron chi connectivity index (χ2n) is 7.99. The maximum absolute atomic E-state index is 13.5. The first-order valence-corrected chi connectivity index (χ1v) is 12.4. The Kier molecular flexibility index (Phi) is 5.91. The van der Waals surface area contributed by atoms with Gasteiger partial charge in [-0.15, -0.1) is 0 Å². The molecule has 2 aromatic heterocycles. The number of amides is 1. The molecule has 0 fully saturated rings. The van der Waals surface area contributed by atoms with Crippen LogP contribution in [0.5, 0.6) is 5.75 Å². The molecule has 0 saturated heterocycles. The van der Waals surface area contributed by atoms with Crippen molar-refractivity contribution in [3.63, 3.8) is 0 Å². The molecule has 0 aliphatic heterocycles. The lowest BCUT2D eigenvalue weighted by atomic mass is 10.1. The lowest BCUT2D eigenvalue weighted by Gasteiger charge is -2.15. The summed E-state index contributed by atoms with van der Waals surface area (Å²) in [5.74, 6) is -0.0842. The maximum atomic E-state index is 13.5. The number of anilines is 2. The highest BCUT2D eigenvalue weighted by Gasteiger charge is 2.21. The van der Waals surface area contributed by atoms with E-state index in [4.69, 9.17) is 14.9 Å². The zero-order chi connectivity index (χ0) is 25.3. The number of primary amides is 1. The van der Waals surface area contributed by atoms with Crippen LogP contribution in [0.2, 0.25) is 0 Å². The molecule has 2 heterocycles. The zero-order valence-electron chi connectivity index (χ0n) is 19.1. The van der Waals surface area contributed by atoms with E-state index in [0.717, 1.165) is 11.1 Å². The molecule has 8 nitrogen and oxygen atoms in total. The quantitative estimate of drug-likeness (QED) is 0.316. The number of hydrogen-bond acceptors (Lipinski definition) is 7. The van der Waals surface area contributed by atoms with Crippen molar-refractivity contribution in [3.8, 4) is 16.9 Å². The fourth-order valence-electron chi connectivity index (χ4n) is 3.90. The van der Waals surface area contributed by atoms with E-state index < -0.39 is 15.7 Å². The summed E-state index contributed by atoms with van der Waals surface area (Å²) >= 11 is 0. The molecule has 3 N–H and O–H groups in total. The number of aromatic nitrogens is 1. The van der Waals surface area contributed by atoms with Crippen LogP contribution in [-0.2, 0) is 9.84 Å². The summed E-state index contributed by atoms with van der Waals surface area (Å²) in [7, 11) is -2.31. The Morgan fingerprint density at radius 3 is 2.44 bits per heavy atom. The topological polar surface area (TPSA) is 125 Å². The van der Waals surface area contributed by atoms with Crippen LogP contribution >= 0.6 is 0 Å². The summed E-state index contributed by atoms with van der Waals surface area (Å²) in [6, 6.07) is 20.1. The minimum Gasteiger partial charge on any atom is -0.497 e. The molecule has 180 valence electrons. The zero-order valence-corrected chi connectivity index (χ0v) is 20.0. The number of benzene rings is 3. The first-order chi connectivity index (χ1) is 17.4. The van der Waals surface area contributed by atoms with Gasteiger partial charge < -0.3 is 20.2 Å². The lowest BCUT2D eigenvalue weighted by molar-refractivity contribution is 0.100. The van der Waals surface area contributed by atoms with Crippen molar-refractivity contribution in [1.82, 2.24) is 4.98 Å². The molecule has 0 saturated carbocycles. The molecular formula is C27H21N3O5S. The molecule has 0 aliphatic rings. The first kappa shape index (κ1) is 23.1. The molecule has 5 aromatic rings. The number of fused-ring (bicyclic) bond motifs is 1. The Morgan fingerprint density at radius 2 is 1.75 bits per heavy atom. The number of pyridine rings is 1. The minimum atomic E-state index is -3.86. The number of methoxy groups -OCH3 is 1. The van der Waals surface area contributed by atoms with Gasteiger partial charge in [-0.05, 0) is 54.1 Å². The van der Waals surface area contributed by atoms with Crippen LogP contribution < -0.4 is 15.8 Å². The van der Waals surface area contributed by atoms with Crippen molar-refractivity contribution in [2.24, 2.45) is 5.73 Å². The summed E-state index contributed by atoms with van der Waals surface area (Å²) in [4.78, 5) is 16.7. The summed E-state index contributed by atoms with van der Waals surface area (Å²) in [6.07, 6.45) is 4.52. The Labute approximate surface area is 207 Å². The van der Waals surface area contributed by atoms with E-state index in [9.17, 15) is 13.2 Å².